The van der Waals surface area contributed by atoms with Crippen LogP contribution in [0.15, 0.2) is 24.4 Å². The van der Waals surface area contributed by atoms with Crippen LogP contribution in [0.1, 0.15) is 21.6 Å². The van der Waals surface area contributed by atoms with Gasteiger partial charge in [-0.25, -0.2) is 9.18 Å². The van der Waals surface area contributed by atoms with Crippen LogP contribution in [0.25, 0.3) is 0 Å². The lowest BCUT2D eigenvalue weighted by atomic mass is 10.1. The minimum atomic E-state index is -0.651. The summed E-state index contributed by atoms with van der Waals surface area (Å²) in [4.78, 5) is 11.4. The average molecular weight is 274 g/mol. The molecule has 0 spiro atoms. The molecule has 0 bridgehead atoms. The first kappa shape index (κ1) is 13.5. The van der Waals surface area contributed by atoms with Crippen LogP contribution in [0.5, 0.6) is 0 Å². The van der Waals surface area contributed by atoms with E-state index in [1.165, 1.54) is 30.1 Å². The minimum Gasteiger partial charge on any atom is -0.464 e. The van der Waals surface area contributed by atoms with Crippen LogP contribution in [0.3, 0.4) is 0 Å². The molecular formula is C13H11FN4O2. The van der Waals surface area contributed by atoms with E-state index in [0.717, 1.165) is 6.07 Å². The van der Waals surface area contributed by atoms with Crippen LogP contribution in [0.2, 0.25) is 0 Å². The number of esters is 1. The Bertz CT molecular complexity index is 703. The van der Waals surface area contributed by atoms with E-state index in [4.69, 9.17) is 11.0 Å². The van der Waals surface area contributed by atoms with Crippen LogP contribution in [0, 0.1) is 17.1 Å². The van der Waals surface area contributed by atoms with Crippen molar-refractivity contribution in [2.24, 2.45) is 0 Å². The quantitative estimate of drug-likeness (QED) is 0.851. The Morgan fingerprint density at radius 2 is 2.35 bits per heavy atom. The third-order valence-corrected chi connectivity index (χ3v) is 2.68. The number of aromatic nitrogens is 2. The van der Waals surface area contributed by atoms with E-state index >= 15 is 0 Å². The van der Waals surface area contributed by atoms with Crippen molar-refractivity contribution in [3.63, 3.8) is 0 Å². The van der Waals surface area contributed by atoms with Crippen molar-refractivity contribution >= 4 is 11.7 Å². The highest BCUT2D eigenvalue weighted by atomic mass is 19.1. The standard InChI is InChI=1S/C13H11FN4O2/c1-20-13(19)12-11(16)7-18(17-12)6-9-3-2-8(5-15)4-10(9)14/h2-4,7H,6,16H2,1H3. The molecule has 0 fully saturated rings. The molecule has 20 heavy (non-hydrogen) atoms. The number of nitrogens with two attached hydrogens (primary N) is 1. The Morgan fingerprint density at radius 3 is 2.95 bits per heavy atom. The van der Waals surface area contributed by atoms with Crippen molar-refractivity contribution in [2.75, 3.05) is 12.8 Å². The van der Waals surface area contributed by atoms with Gasteiger partial charge in [0.1, 0.15) is 5.82 Å². The maximum absolute atomic E-state index is 13.7. The number of carbonyl (C=O) groups excluding carboxylic acids is 1. The fraction of sp³-hybridized carbons (Fsp3) is 0.154. The molecule has 0 aliphatic rings. The average Bonchev–Trinajstić information content (AvgIpc) is 2.81. The van der Waals surface area contributed by atoms with Gasteiger partial charge in [-0.15, -0.1) is 0 Å². The molecule has 1 heterocycles. The molecule has 0 saturated carbocycles. The summed E-state index contributed by atoms with van der Waals surface area (Å²) in [6.45, 7) is 0.0960. The van der Waals surface area contributed by atoms with E-state index in [9.17, 15) is 9.18 Å². The first-order chi connectivity index (χ1) is 9.55. The normalized spacial score (nSPS) is 10.1. The number of anilines is 1. The third-order valence-electron chi connectivity index (χ3n) is 2.68. The Kier molecular flexibility index (Phi) is 3.66. The molecule has 7 heteroatoms. The molecule has 0 aliphatic carbocycles. The van der Waals surface area contributed by atoms with Crippen molar-refractivity contribution in [2.45, 2.75) is 6.54 Å². The summed E-state index contributed by atoms with van der Waals surface area (Å²) in [5.41, 5.74) is 6.35. The summed E-state index contributed by atoms with van der Waals surface area (Å²) < 4.78 is 19.6. The fourth-order valence-corrected chi connectivity index (χ4v) is 1.69. The largest absolute Gasteiger partial charge is 0.464 e. The number of hydrogen-bond acceptors (Lipinski definition) is 5. The summed E-state index contributed by atoms with van der Waals surface area (Å²) in [5, 5.41) is 12.6. The van der Waals surface area contributed by atoms with Gasteiger partial charge in [0, 0.05) is 11.8 Å². The van der Waals surface area contributed by atoms with Gasteiger partial charge in [-0.3, -0.25) is 4.68 Å². The van der Waals surface area contributed by atoms with Crippen LogP contribution < -0.4 is 5.73 Å². The van der Waals surface area contributed by atoms with Crippen LogP contribution >= 0.6 is 0 Å². The number of hydrogen-bond donors (Lipinski definition) is 1. The van der Waals surface area contributed by atoms with Crippen molar-refractivity contribution < 1.29 is 13.9 Å². The molecule has 1 aromatic heterocycles. The zero-order chi connectivity index (χ0) is 14.7. The SMILES string of the molecule is COC(=O)c1nn(Cc2ccc(C#N)cc2F)cc1N. The summed E-state index contributed by atoms with van der Waals surface area (Å²) in [7, 11) is 1.22. The molecule has 0 unspecified atom stereocenters. The highest BCUT2D eigenvalue weighted by molar-refractivity contribution is 5.92. The Balaban J connectivity index is 2.27. The number of methoxy groups -OCH3 is 1. The van der Waals surface area contributed by atoms with E-state index in [-0.39, 0.29) is 23.5 Å². The topological polar surface area (TPSA) is 93.9 Å². The number of nitriles is 1. The lowest BCUT2D eigenvalue weighted by molar-refractivity contribution is 0.0594. The van der Waals surface area contributed by atoms with E-state index in [0.29, 0.717) is 5.56 Å². The number of nitrogen functional groups attached to an aromatic ring is 1. The minimum absolute atomic E-state index is 0.0125. The van der Waals surface area contributed by atoms with Crippen LogP contribution in [-0.4, -0.2) is 22.9 Å². The number of benzene rings is 1. The number of rotatable bonds is 3. The second kappa shape index (κ2) is 5.40. The van der Waals surface area contributed by atoms with E-state index in [1.807, 2.05) is 6.07 Å². The van der Waals surface area contributed by atoms with E-state index < -0.39 is 11.8 Å². The number of halogens is 1. The highest BCUT2D eigenvalue weighted by Gasteiger charge is 2.15. The predicted molar refractivity (Wildman–Crippen MR) is 68.2 cm³/mol. The molecular weight excluding hydrogens is 263 g/mol. The van der Waals surface area contributed by atoms with Crippen molar-refractivity contribution in [1.29, 1.82) is 5.26 Å². The van der Waals surface area contributed by atoms with Crippen LogP contribution in [-0.2, 0) is 11.3 Å². The van der Waals surface area contributed by atoms with Gasteiger partial charge in [-0.1, -0.05) is 6.07 Å². The van der Waals surface area contributed by atoms with Crippen molar-refractivity contribution in [3.05, 3.63) is 47.0 Å². The number of nitrogens with zero attached hydrogens (tertiary/aromatic N) is 3. The second-order valence-corrected chi connectivity index (χ2v) is 4.04. The van der Waals surface area contributed by atoms with E-state index in [2.05, 4.69) is 9.84 Å². The van der Waals surface area contributed by atoms with Gasteiger partial charge in [0.15, 0.2) is 5.69 Å². The molecule has 0 radical (unpaired) electrons. The lowest BCUT2D eigenvalue weighted by Crippen LogP contribution is -2.07. The summed E-state index contributed by atoms with van der Waals surface area (Å²) >= 11 is 0. The highest BCUT2D eigenvalue weighted by Crippen LogP contribution is 2.15. The molecule has 0 atom stereocenters. The van der Waals surface area contributed by atoms with Gasteiger partial charge in [0.2, 0.25) is 0 Å². The molecule has 2 rings (SSSR count). The zero-order valence-corrected chi connectivity index (χ0v) is 10.6. The van der Waals surface area contributed by atoms with Gasteiger partial charge in [0.25, 0.3) is 0 Å². The molecule has 102 valence electrons. The second-order valence-electron chi connectivity index (χ2n) is 4.04. The first-order valence-corrected chi connectivity index (χ1v) is 5.65. The van der Waals surface area contributed by atoms with Gasteiger partial charge < -0.3 is 10.5 Å². The molecule has 2 N–H and O–H groups in total. The Hall–Kier alpha value is -2.88. The fourth-order valence-electron chi connectivity index (χ4n) is 1.69. The molecule has 0 aliphatic heterocycles. The van der Waals surface area contributed by atoms with Crippen molar-refractivity contribution in [1.82, 2.24) is 9.78 Å². The smallest absolute Gasteiger partial charge is 0.360 e. The maximum atomic E-state index is 13.7. The lowest BCUT2D eigenvalue weighted by Gasteiger charge is -2.03. The number of carbonyl (C=O) groups is 1. The predicted octanol–water partition coefficient (Wildman–Crippen LogP) is 1.31. The summed E-state index contributed by atoms with van der Waals surface area (Å²) in [6.07, 6.45) is 1.42. The summed E-state index contributed by atoms with van der Waals surface area (Å²) in [5.74, 6) is -1.17. The van der Waals surface area contributed by atoms with Gasteiger partial charge in [0.05, 0.1) is 31.0 Å². The molecule has 0 amide bonds. The Labute approximate surface area is 114 Å². The zero-order valence-electron chi connectivity index (χ0n) is 10.6. The van der Waals surface area contributed by atoms with Gasteiger partial charge >= 0.3 is 5.97 Å². The Morgan fingerprint density at radius 1 is 1.60 bits per heavy atom. The van der Waals surface area contributed by atoms with Crippen LogP contribution in [0.4, 0.5) is 10.1 Å². The summed E-state index contributed by atoms with van der Waals surface area (Å²) in [6, 6.07) is 5.99. The molecule has 6 nitrogen and oxygen atoms in total. The molecule has 0 saturated heterocycles. The van der Waals surface area contributed by atoms with Gasteiger partial charge in [-0.05, 0) is 12.1 Å². The maximum Gasteiger partial charge on any atom is 0.360 e. The van der Waals surface area contributed by atoms with Crippen molar-refractivity contribution in [3.8, 4) is 6.07 Å². The third kappa shape index (κ3) is 2.59. The molecule has 1 aromatic carbocycles. The monoisotopic (exact) mass is 274 g/mol. The molecule has 2 aromatic rings. The number of ether oxygens (including phenoxy) is 1. The first-order valence-electron chi connectivity index (χ1n) is 5.65. The van der Waals surface area contributed by atoms with Gasteiger partial charge in [-0.2, -0.15) is 10.4 Å². The van der Waals surface area contributed by atoms with E-state index in [1.54, 1.807) is 0 Å².